The van der Waals surface area contributed by atoms with Crippen LogP contribution in [0.3, 0.4) is 0 Å². The summed E-state index contributed by atoms with van der Waals surface area (Å²) in [7, 11) is 5.75. The molecule has 0 spiro atoms. The highest BCUT2D eigenvalue weighted by Gasteiger charge is 2.65. The van der Waals surface area contributed by atoms with E-state index in [0.29, 0.717) is 5.57 Å². The molecule has 0 amide bonds. The molecule has 0 saturated carbocycles. The molecule has 1 heterocycles. The number of ether oxygens (including phenoxy) is 5. The molecule has 22 heavy (non-hydrogen) atoms. The van der Waals surface area contributed by atoms with Crippen LogP contribution in [-0.2, 0) is 23.7 Å². The highest BCUT2D eigenvalue weighted by atomic mass is 16.9. The first-order chi connectivity index (χ1) is 10.6. The summed E-state index contributed by atoms with van der Waals surface area (Å²) in [6, 6.07) is 11.5. The average molecular weight is 305 g/mol. The van der Waals surface area contributed by atoms with E-state index in [9.17, 15) is 5.26 Å². The van der Waals surface area contributed by atoms with Gasteiger partial charge in [-0.3, -0.25) is 0 Å². The number of rotatable bonds is 5. The van der Waals surface area contributed by atoms with Crippen LogP contribution >= 0.6 is 0 Å². The summed E-state index contributed by atoms with van der Waals surface area (Å²) in [5, 5.41) is 9.47. The molecule has 0 N–H and O–H groups in total. The first kappa shape index (κ1) is 16.5. The summed E-state index contributed by atoms with van der Waals surface area (Å²) >= 11 is 0. The highest BCUT2D eigenvalue weighted by molar-refractivity contribution is 5.40. The Morgan fingerprint density at radius 2 is 1.59 bits per heavy atom. The molecule has 1 aromatic rings. The van der Waals surface area contributed by atoms with Gasteiger partial charge >= 0.3 is 5.97 Å². The molecule has 1 aromatic carbocycles. The van der Waals surface area contributed by atoms with Crippen LogP contribution in [-0.4, -0.2) is 40.2 Å². The van der Waals surface area contributed by atoms with Gasteiger partial charge in [-0.15, -0.1) is 0 Å². The number of methoxy groups -OCH3 is 4. The predicted octanol–water partition coefficient (Wildman–Crippen LogP) is 2.14. The van der Waals surface area contributed by atoms with Gasteiger partial charge in [-0.25, -0.2) is 0 Å². The van der Waals surface area contributed by atoms with Crippen molar-refractivity contribution in [1.29, 1.82) is 5.26 Å². The molecule has 0 aromatic heterocycles. The van der Waals surface area contributed by atoms with Crippen molar-refractivity contribution in [2.24, 2.45) is 0 Å². The van der Waals surface area contributed by atoms with Crippen molar-refractivity contribution in [2.75, 3.05) is 28.4 Å². The summed E-state index contributed by atoms with van der Waals surface area (Å²) in [4.78, 5) is 0. The van der Waals surface area contributed by atoms with Crippen molar-refractivity contribution in [3.05, 3.63) is 47.7 Å². The van der Waals surface area contributed by atoms with E-state index in [1.54, 1.807) is 0 Å². The second kappa shape index (κ2) is 6.46. The minimum Gasteiger partial charge on any atom is -0.442 e. The minimum atomic E-state index is -1.64. The second-order valence-electron chi connectivity index (χ2n) is 4.69. The van der Waals surface area contributed by atoms with Crippen LogP contribution in [0.5, 0.6) is 0 Å². The number of nitriles is 1. The molecule has 0 saturated heterocycles. The Morgan fingerprint density at radius 3 is 2.05 bits per heavy atom. The van der Waals surface area contributed by atoms with Crippen molar-refractivity contribution in [1.82, 2.24) is 0 Å². The fourth-order valence-corrected chi connectivity index (χ4v) is 2.84. The highest BCUT2D eigenvalue weighted by Crippen LogP contribution is 2.49. The summed E-state index contributed by atoms with van der Waals surface area (Å²) in [5.41, 5.74) is 1.17. The van der Waals surface area contributed by atoms with Crippen LogP contribution < -0.4 is 0 Å². The number of hydrogen-bond acceptors (Lipinski definition) is 6. The second-order valence-corrected chi connectivity index (χ2v) is 4.69. The quantitative estimate of drug-likeness (QED) is 0.776. The van der Waals surface area contributed by atoms with Crippen LogP contribution in [0.2, 0.25) is 0 Å². The third kappa shape index (κ3) is 2.19. The van der Waals surface area contributed by atoms with E-state index in [1.807, 2.05) is 30.3 Å². The molecule has 1 atom stereocenters. The molecule has 6 nitrogen and oxygen atoms in total. The molecule has 1 aliphatic heterocycles. The Bertz CT molecular complexity index is 570. The van der Waals surface area contributed by atoms with Crippen molar-refractivity contribution < 1.29 is 23.7 Å². The first-order valence-corrected chi connectivity index (χ1v) is 6.68. The summed E-state index contributed by atoms with van der Waals surface area (Å²) in [6.45, 7) is 0. The Labute approximate surface area is 129 Å². The zero-order chi connectivity index (χ0) is 16.2. The molecule has 0 fully saturated rings. The van der Waals surface area contributed by atoms with Gasteiger partial charge in [0.1, 0.15) is 6.26 Å². The molecule has 0 bridgehead atoms. The van der Waals surface area contributed by atoms with Gasteiger partial charge in [-0.05, 0) is 5.56 Å². The molecule has 6 heteroatoms. The lowest BCUT2D eigenvalue weighted by atomic mass is 9.81. The van der Waals surface area contributed by atoms with E-state index >= 15 is 0 Å². The summed E-state index contributed by atoms with van der Waals surface area (Å²) < 4.78 is 27.7. The lowest BCUT2D eigenvalue weighted by Gasteiger charge is -2.49. The molecule has 0 aliphatic carbocycles. The smallest absolute Gasteiger partial charge is 0.384 e. The van der Waals surface area contributed by atoms with E-state index in [2.05, 4.69) is 6.07 Å². The average Bonchev–Trinajstić information content (AvgIpc) is 2.60. The fraction of sp³-hybridized carbons (Fsp3) is 0.438. The van der Waals surface area contributed by atoms with Crippen LogP contribution in [0.15, 0.2) is 42.2 Å². The minimum absolute atomic E-state index is 0.347. The van der Waals surface area contributed by atoms with Crippen LogP contribution in [0.25, 0.3) is 0 Å². The van der Waals surface area contributed by atoms with Crippen LogP contribution in [0.1, 0.15) is 11.5 Å². The Kier molecular flexibility index (Phi) is 4.84. The molecule has 1 aliphatic rings. The van der Waals surface area contributed by atoms with E-state index in [0.717, 1.165) is 5.56 Å². The standard InChI is InChI=1S/C16H19NO5/c1-18-15(19-2)14(12-8-6-5-7-9-12)13(10-17)11-22-16(15,20-3)21-4/h5-9,11,14H,1-4H3/t14-/m1/s1. The zero-order valence-electron chi connectivity index (χ0n) is 13.0. The maximum Gasteiger partial charge on any atom is 0.384 e. The molecule has 118 valence electrons. The fourth-order valence-electron chi connectivity index (χ4n) is 2.84. The van der Waals surface area contributed by atoms with Crippen molar-refractivity contribution in [2.45, 2.75) is 17.7 Å². The van der Waals surface area contributed by atoms with Gasteiger partial charge < -0.3 is 23.7 Å². The summed E-state index contributed by atoms with van der Waals surface area (Å²) in [6.07, 6.45) is 1.32. The molecule has 2 rings (SSSR count). The third-order valence-corrected chi connectivity index (χ3v) is 3.86. The van der Waals surface area contributed by atoms with E-state index in [1.165, 1.54) is 34.7 Å². The van der Waals surface area contributed by atoms with Crippen LogP contribution in [0, 0.1) is 11.3 Å². The number of hydrogen-bond donors (Lipinski definition) is 0. The SMILES string of the molecule is COC1(OC)OC=C(C#N)[C@@H](c2ccccc2)C1(OC)OC. The topological polar surface area (TPSA) is 69.9 Å². The first-order valence-electron chi connectivity index (χ1n) is 6.68. The lowest BCUT2D eigenvalue weighted by Crippen LogP contribution is -2.65. The monoisotopic (exact) mass is 305 g/mol. The lowest BCUT2D eigenvalue weighted by molar-refractivity contribution is -0.477. The van der Waals surface area contributed by atoms with Gasteiger partial charge in [0.2, 0.25) is 0 Å². The third-order valence-electron chi connectivity index (χ3n) is 3.86. The largest absolute Gasteiger partial charge is 0.442 e. The number of benzene rings is 1. The Morgan fingerprint density at radius 1 is 1.00 bits per heavy atom. The molecular weight excluding hydrogens is 286 g/mol. The molecule has 0 radical (unpaired) electrons. The van der Waals surface area contributed by atoms with Gasteiger partial charge in [0.15, 0.2) is 0 Å². The van der Waals surface area contributed by atoms with Crippen molar-refractivity contribution in [3.8, 4) is 6.07 Å². The van der Waals surface area contributed by atoms with E-state index in [-0.39, 0.29) is 0 Å². The summed E-state index contributed by atoms with van der Waals surface area (Å²) in [5.74, 6) is -3.71. The Hall–Kier alpha value is -1.91. The maximum atomic E-state index is 9.47. The zero-order valence-corrected chi connectivity index (χ0v) is 13.0. The van der Waals surface area contributed by atoms with E-state index in [4.69, 9.17) is 23.7 Å². The molecule has 0 unspecified atom stereocenters. The van der Waals surface area contributed by atoms with Gasteiger partial charge in [-0.1, -0.05) is 30.3 Å². The molecular formula is C16H19NO5. The van der Waals surface area contributed by atoms with Gasteiger partial charge in [0.05, 0.1) is 17.6 Å². The van der Waals surface area contributed by atoms with Crippen molar-refractivity contribution >= 4 is 0 Å². The predicted molar refractivity (Wildman–Crippen MR) is 77.5 cm³/mol. The van der Waals surface area contributed by atoms with Gasteiger partial charge in [0, 0.05) is 28.4 Å². The normalized spacial score (nSPS) is 22.3. The van der Waals surface area contributed by atoms with Gasteiger partial charge in [0.25, 0.3) is 5.79 Å². The van der Waals surface area contributed by atoms with Gasteiger partial charge in [-0.2, -0.15) is 5.26 Å². The number of nitrogens with zero attached hydrogens (tertiary/aromatic N) is 1. The van der Waals surface area contributed by atoms with Crippen LogP contribution in [0.4, 0.5) is 0 Å². The maximum absolute atomic E-state index is 9.47. The van der Waals surface area contributed by atoms with E-state index < -0.39 is 17.7 Å². The Balaban J connectivity index is 2.71. The van der Waals surface area contributed by atoms with Crippen molar-refractivity contribution in [3.63, 3.8) is 0 Å².